The molecule has 0 aliphatic heterocycles. The largest absolute Gasteiger partial charge is 0.147 e. The Morgan fingerprint density at radius 3 is 1.46 bits per heavy atom. The fourth-order valence-corrected chi connectivity index (χ4v) is 4.33. The minimum absolute atomic E-state index is 0.955. The number of unbranched alkanes of at least 4 members (excludes halogenated alkanes) is 1. The molecule has 0 amide bonds. The fourth-order valence-electron chi connectivity index (χ4n) is 2.55. The van der Waals surface area contributed by atoms with Gasteiger partial charge in [-0.25, -0.2) is 0 Å². The first-order valence-corrected chi connectivity index (χ1v) is 10.1. The highest BCUT2D eigenvalue weighted by Gasteiger charge is 2.08. The van der Waals surface area contributed by atoms with E-state index in [0.29, 0.717) is 0 Å². The molecule has 2 radical (unpaired) electrons. The molecule has 4 nitrogen and oxygen atoms in total. The van der Waals surface area contributed by atoms with Crippen molar-refractivity contribution in [2.24, 2.45) is 0 Å². The van der Waals surface area contributed by atoms with Crippen LogP contribution >= 0.6 is 22.7 Å². The van der Waals surface area contributed by atoms with Crippen molar-refractivity contribution in [1.82, 2.24) is 20.4 Å². The number of aryl methyl sites for hydroxylation is 2. The maximum atomic E-state index is 4.31. The molecule has 26 heavy (non-hydrogen) atoms. The number of aromatic nitrogens is 4. The second kappa shape index (κ2) is 8.29. The lowest BCUT2D eigenvalue weighted by Crippen LogP contribution is -1.88. The quantitative estimate of drug-likeness (QED) is 0.431. The second-order valence-corrected chi connectivity index (χ2v) is 7.91. The van der Waals surface area contributed by atoms with E-state index in [4.69, 9.17) is 0 Å². The van der Waals surface area contributed by atoms with Crippen LogP contribution in [0.4, 0.5) is 0 Å². The van der Waals surface area contributed by atoms with Crippen molar-refractivity contribution in [3.63, 3.8) is 0 Å². The lowest BCUT2D eigenvalue weighted by atomic mass is 10.2. The van der Waals surface area contributed by atoms with E-state index >= 15 is 0 Å². The maximum absolute atomic E-state index is 4.31. The summed E-state index contributed by atoms with van der Waals surface area (Å²) in [5.74, 6) is 0. The van der Waals surface area contributed by atoms with Crippen molar-refractivity contribution < 1.29 is 0 Å². The predicted octanol–water partition coefficient (Wildman–Crippen LogP) is 4.89. The number of nitrogens with zero attached hydrogens (tertiary/aromatic N) is 4. The molecule has 4 aromatic rings. The van der Waals surface area contributed by atoms with Crippen LogP contribution in [0.5, 0.6) is 0 Å². The van der Waals surface area contributed by atoms with Crippen LogP contribution in [-0.4, -0.2) is 20.4 Å². The summed E-state index contributed by atoms with van der Waals surface area (Å²) < 4.78 is 0. The van der Waals surface area contributed by atoms with Gasteiger partial charge in [0.05, 0.1) is 0 Å². The Morgan fingerprint density at radius 2 is 1.04 bits per heavy atom. The fraction of sp³-hybridized carbons (Fsp3) is 0.200. The molecule has 0 atom stereocenters. The zero-order valence-corrected chi connectivity index (χ0v) is 15.7. The van der Waals surface area contributed by atoms with Gasteiger partial charge in [0.2, 0.25) is 0 Å². The van der Waals surface area contributed by atoms with Crippen LogP contribution in [-0.2, 0) is 12.8 Å². The smallest absolute Gasteiger partial charge is 0.143 e. The Balaban J connectivity index is 1.27. The first kappa shape index (κ1) is 17.0. The third kappa shape index (κ3) is 4.20. The molecule has 0 bridgehead atoms. The van der Waals surface area contributed by atoms with Crippen molar-refractivity contribution in [3.05, 3.63) is 70.7 Å². The molecule has 0 aliphatic rings. The molecule has 0 N–H and O–H groups in total. The van der Waals surface area contributed by atoms with Gasteiger partial charge in [-0.05, 0) is 25.0 Å². The van der Waals surface area contributed by atoms with Gasteiger partial charge >= 0.3 is 0 Å². The third-order valence-electron chi connectivity index (χ3n) is 3.90. The number of rotatable bonds is 7. The Bertz CT molecular complexity index is 868. The Hall–Kier alpha value is -2.44. The van der Waals surface area contributed by atoms with Gasteiger partial charge in [0, 0.05) is 24.0 Å². The van der Waals surface area contributed by atoms with Crippen LogP contribution in [0, 0.1) is 12.1 Å². The van der Waals surface area contributed by atoms with Crippen molar-refractivity contribution in [1.29, 1.82) is 0 Å². The molecular weight excluding hydrogens is 360 g/mol. The Morgan fingerprint density at radius 1 is 0.615 bits per heavy atom. The minimum Gasteiger partial charge on any atom is -0.143 e. The number of hydrogen-bond acceptors (Lipinski definition) is 6. The molecule has 0 unspecified atom stereocenters. The van der Waals surface area contributed by atoms with Gasteiger partial charge in [0.1, 0.15) is 20.0 Å². The van der Waals surface area contributed by atoms with E-state index in [0.717, 1.165) is 56.8 Å². The summed E-state index contributed by atoms with van der Waals surface area (Å²) in [4.78, 5) is 0. The number of hydrogen-bond donors (Lipinski definition) is 0. The lowest BCUT2D eigenvalue weighted by molar-refractivity contribution is 0.718. The van der Waals surface area contributed by atoms with Crippen molar-refractivity contribution in [3.8, 4) is 21.1 Å². The van der Waals surface area contributed by atoms with Gasteiger partial charge in [-0.3, -0.25) is 0 Å². The molecule has 4 rings (SSSR count). The van der Waals surface area contributed by atoms with E-state index < -0.39 is 0 Å². The van der Waals surface area contributed by atoms with Gasteiger partial charge in [-0.2, -0.15) is 0 Å². The standard InChI is InChI=1S/C20H16N4S2/c1-3-9-15(10-4-1)19-23-21-17(25-19)13-7-8-14-18-22-24-20(26-18)16-11-5-2-6-12-16/h3-6,9-12H,7-8,13-14H2. The summed E-state index contributed by atoms with van der Waals surface area (Å²) in [6.07, 6.45) is 4.06. The second-order valence-electron chi connectivity index (χ2n) is 5.79. The summed E-state index contributed by atoms with van der Waals surface area (Å²) in [6, 6.07) is 21.7. The average Bonchev–Trinajstić information content (AvgIpc) is 3.37. The number of benzene rings is 2. The normalized spacial score (nSPS) is 10.9. The molecular formula is C20H16N4S2. The SMILES string of the molecule is [c]1ccc(-c2nnc(CCCCc3nnc(-c4cc[c]cc4)s3)s2)cc1. The zero-order valence-electron chi connectivity index (χ0n) is 14.1. The highest BCUT2D eigenvalue weighted by Crippen LogP contribution is 2.25. The van der Waals surface area contributed by atoms with E-state index in [1.807, 2.05) is 48.5 Å². The van der Waals surface area contributed by atoms with Crippen LogP contribution in [0.2, 0.25) is 0 Å². The van der Waals surface area contributed by atoms with Gasteiger partial charge in [0.15, 0.2) is 0 Å². The predicted molar refractivity (Wildman–Crippen MR) is 105 cm³/mol. The van der Waals surface area contributed by atoms with E-state index in [9.17, 15) is 0 Å². The first-order valence-electron chi connectivity index (χ1n) is 8.46. The van der Waals surface area contributed by atoms with E-state index in [-0.39, 0.29) is 0 Å². The summed E-state index contributed by atoms with van der Waals surface area (Å²) in [7, 11) is 0. The molecule has 0 aliphatic carbocycles. The van der Waals surface area contributed by atoms with Crippen molar-refractivity contribution >= 4 is 22.7 Å². The average molecular weight is 377 g/mol. The molecule has 128 valence electrons. The third-order valence-corrected chi connectivity index (χ3v) is 5.96. The van der Waals surface area contributed by atoms with E-state index in [1.54, 1.807) is 22.7 Å². The monoisotopic (exact) mass is 376 g/mol. The minimum atomic E-state index is 0.955. The molecule has 2 aromatic heterocycles. The molecule has 0 fully saturated rings. The maximum Gasteiger partial charge on any atom is 0.147 e. The van der Waals surface area contributed by atoms with Crippen LogP contribution in [0.1, 0.15) is 22.9 Å². The molecule has 0 saturated carbocycles. The van der Waals surface area contributed by atoms with Crippen molar-refractivity contribution in [2.45, 2.75) is 25.7 Å². The lowest BCUT2D eigenvalue weighted by Gasteiger charge is -1.95. The first-order chi connectivity index (χ1) is 12.9. The topological polar surface area (TPSA) is 51.6 Å². The van der Waals surface area contributed by atoms with Crippen LogP contribution in [0.25, 0.3) is 21.1 Å². The van der Waals surface area contributed by atoms with E-state index in [2.05, 4.69) is 32.5 Å². The summed E-state index contributed by atoms with van der Waals surface area (Å²) >= 11 is 3.34. The molecule has 6 heteroatoms. The molecule has 2 heterocycles. The molecule has 2 aromatic carbocycles. The van der Waals surface area contributed by atoms with Gasteiger partial charge < -0.3 is 0 Å². The van der Waals surface area contributed by atoms with Crippen LogP contribution in [0.3, 0.4) is 0 Å². The molecule has 0 spiro atoms. The molecule has 0 saturated heterocycles. The van der Waals surface area contributed by atoms with Gasteiger partial charge in [-0.1, -0.05) is 71.2 Å². The Labute approximate surface area is 160 Å². The Kier molecular flexibility index (Phi) is 5.42. The highest BCUT2D eigenvalue weighted by molar-refractivity contribution is 7.15. The van der Waals surface area contributed by atoms with E-state index in [1.165, 1.54) is 0 Å². The summed E-state index contributed by atoms with van der Waals surface area (Å²) in [6.45, 7) is 0. The highest BCUT2D eigenvalue weighted by atomic mass is 32.1. The summed E-state index contributed by atoms with van der Waals surface area (Å²) in [5.41, 5.74) is 2.21. The zero-order chi connectivity index (χ0) is 17.6. The summed E-state index contributed by atoms with van der Waals surface area (Å²) in [5, 5.41) is 21.3. The van der Waals surface area contributed by atoms with Crippen molar-refractivity contribution in [2.75, 3.05) is 0 Å². The van der Waals surface area contributed by atoms with Gasteiger partial charge in [-0.15, -0.1) is 20.4 Å². The van der Waals surface area contributed by atoms with Gasteiger partial charge in [0.25, 0.3) is 0 Å². The van der Waals surface area contributed by atoms with Crippen LogP contribution < -0.4 is 0 Å². The van der Waals surface area contributed by atoms with Crippen LogP contribution in [0.15, 0.2) is 48.5 Å².